The summed E-state index contributed by atoms with van der Waals surface area (Å²) in [5.41, 5.74) is 4.29. The van der Waals surface area contributed by atoms with Gasteiger partial charge < -0.3 is 14.7 Å². The van der Waals surface area contributed by atoms with E-state index in [2.05, 4.69) is 130 Å². The summed E-state index contributed by atoms with van der Waals surface area (Å²) in [6.07, 6.45) is 0. The molecule has 3 rings (SSSR count). The van der Waals surface area contributed by atoms with E-state index >= 15 is 0 Å². The smallest absolute Gasteiger partial charge is 0.155 e. The lowest BCUT2D eigenvalue weighted by Crippen LogP contribution is -2.56. The highest BCUT2D eigenvalue weighted by atomic mass is 28.3. The minimum atomic E-state index is -1.18. The van der Waals surface area contributed by atoms with Crippen LogP contribution in [0.3, 0.4) is 0 Å². The molecule has 0 aromatic heterocycles. The van der Waals surface area contributed by atoms with Crippen molar-refractivity contribution in [2.24, 2.45) is 0 Å². The molecule has 0 unspecified atom stereocenters. The summed E-state index contributed by atoms with van der Waals surface area (Å²) in [6.45, 7) is 2.86. The zero-order valence-electron chi connectivity index (χ0n) is 19.9. The number of benzene rings is 3. The molecule has 3 aromatic rings. The predicted octanol–water partition coefficient (Wildman–Crippen LogP) is 2.39. The molecule has 0 aliphatic rings. The van der Waals surface area contributed by atoms with Crippen LogP contribution in [0, 0.1) is 0 Å². The molecular weight excluding hydrogens is 394 g/mol. The Labute approximate surface area is 190 Å². The van der Waals surface area contributed by atoms with E-state index in [1.165, 1.54) is 32.3 Å². The van der Waals surface area contributed by atoms with Gasteiger partial charge in [0.2, 0.25) is 0 Å². The van der Waals surface area contributed by atoms with Crippen LogP contribution < -0.4 is 15.6 Å². The van der Waals surface area contributed by atoms with E-state index in [4.69, 9.17) is 0 Å². The fourth-order valence-electron chi connectivity index (χ4n) is 4.16. The van der Waals surface area contributed by atoms with E-state index in [0.29, 0.717) is 0 Å². The van der Waals surface area contributed by atoms with E-state index in [1.807, 2.05) is 0 Å². The lowest BCUT2D eigenvalue weighted by Gasteiger charge is -2.27. The van der Waals surface area contributed by atoms with Gasteiger partial charge in [-0.15, -0.1) is 0 Å². The Morgan fingerprint density at radius 1 is 0.452 bits per heavy atom. The standard InChI is InChI=1S/C27H36N3Si/c1-28(2)19-22-13-7-10-16-25(22)31(26-17-11-8-14-23(26)20-29(3)4)27-18-12-9-15-24(27)21-30(5)6/h7-18H,19-21H2,1-6H3. The molecule has 0 N–H and O–H groups in total. The van der Waals surface area contributed by atoms with Crippen LogP contribution in [0.15, 0.2) is 72.8 Å². The molecule has 0 aliphatic heterocycles. The van der Waals surface area contributed by atoms with E-state index in [0.717, 1.165) is 19.6 Å². The van der Waals surface area contributed by atoms with Gasteiger partial charge in [-0.3, -0.25) is 0 Å². The van der Waals surface area contributed by atoms with Crippen LogP contribution >= 0.6 is 0 Å². The Morgan fingerprint density at radius 3 is 0.968 bits per heavy atom. The number of nitrogens with zero attached hydrogens (tertiary/aromatic N) is 3. The van der Waals surface area contributed by atoms with Gasteiger partial charge in [-0.1, -0.05) is 72.8 Å². The lowest BCUT2D eigenvalue weighted by molar-refractivity contribution is 0.403. The van der Waals surface area contributed by atoms with Gasteiger partial charge in [0.1, 0.15) is 0 Å². The predicted molar refractivity (Wildman–Crippen MR) is 136 cm³/mol. The van der Waals surface area contributed by atoms with Gasteiger partial charge in [-0.25, -0.2) is 0 Å². The molecule has 0 atom stereocenters. The Bertz CT molecular complexity index is 854. The molecular formula is C27H36N3Si. The lowest BCUT2D eigenvalue weighted by atomic mass is 10.2. The third kappa shape index (κ3) is 6.14. The van der Waals surface area contributed by atoms with Gasteiger partial charge in [-0.05, 0) is 74.5 Å². The minimum absolute atomic E-state index is 0.954. The zero-order valence-corrected chi connectivity index (χ0v) is 20.9. The van der Waals surface area contributed by atoms with Crippen molar-refractivity contribution in [3.05, 3.63) is 89.5 Å². The molecule has 0 saturated carbocycles. The maximum absolute atomic E-state index is 2.37. The minimum Gasteiger partial charge on any atom is -0.305 e. The summed E-state index contributed by atoms with van der Waals surface area (Å²) in [7, 11) is 11.8. The molecule has 0 fully saturated rings. The van der Waals surface area contributed by atoms with Gasteiger partial charge in [0.05, 0.1) is 0 Å². The molecule has 0 spiro atoms. The SMILES string of the molecule is CN(C)Cc1ccccc1[Si](c1ccccc1CN(C)C)c1ccccc1CN(C)C. The molecule has 3 nitrogen and oxygen atoms in total. The first-order chi connectivity index (χ1) is 14.9. The first-order valence-electron chi connectivity index (χ1n) is 10.9. The molecule has 1 radical (unpaired) electrons. The zero-order chi connectivity index (χ0) is 22.4. The maximum atomic E-state index is 2.37. The van der Waals surface area contributed by atoms with Crippen LogP contribution in [0.25, 0.3) is 0 Å². The Morgan fingerprint density at radius 2 is 0.710 bits per heavy atom. The van der Waals surface area contributed by atoms with E-state index in [9.17, 15) is 0 Å². The van der Waals surface area contributed by atoms with Gasteiger partial charge in [0.25, 0.3) is 0 Å². The average molecular weight is 431 g/mol. The first-order valence-corrected chi connectivity index (χ1v) is 12.4. The van der Waals surface area contributed by atoms with Crippen LogP contribution in [0.1, 0.15) is 16.7 Å². The van der Waals surface area contributed by atoms with Gasteiger partial charge in [0, 0.05) is 19.6 Å². The molecule has 0 heterocycles. The number of rotatable bonds is 9. The van der Waals surface area contributed by atoms with Crippen molar-refractivity contribution in [3.63, 3.8) is 0 Å². The molecule has 0 saturated heterocycles. The fraction of sp³-hybridized carbons (Fsp3) is 0.333. The van der Waals surface area contributed by atoms with Gasteiger partial charge in [-0.2, -0.15) is 0 Å². The van der Waals surface area contributed by atoms with Crippen molar-refractivity contribution >= 4 is 24.4 Å². The Kier molecular flexibility index (Phi) is 8.21. The Balaban J connectivity index is 2.26. The van der Waals surface area contributed by atoms with Crippen LogP contribution in [0.5, 0.6) is 0 Å². The molecule has 4 heteroatoms. The van der Waals surface area contributed by atoms with Crippen molar-refractivity contribution in [3.8, 4) is 0 Å². The average Bonchev–Trinajstić information content (AvgIpc) is 2.70. The topological polar surface area (TPSA) is 9.72 Å². The van der Waals surface area contributed by atoms with Crippen LogP contribution in [0.4, 0.5) is 0 Å². The third-order valence-corrected chi connectivity index (χ3v) is 8.40. The molecule has 0 bridgehead atoms. The third-order valence-electron chi connectivity index (χ3n) is 5.32. The highest BCUT2D eigenvalue weighted by molar-refractivity contribution is 6.96. The summed E-state index contributed by atoms with van der Waals surface area (Å²) >= 11 is 0. The summed E-state index contributed by atoms with van der Waals surface area (Å²) in [6, 6.07) is 27.2. The number of hydrogen-bond acceptors (Lipinski definition) is 3. The summed E-state index contributed by atoms with van der Waals surface area (Å²) in [5, 5.41) is 4.50. The van der Waals surface area contributed by atoms with Crippen molar-refractivity contribution in [2.75, 3.05) is 42.3 Å². The summed E-state index contributed by atoms with van der Waals surface area (Å²) in [5.74, 6) is 0. The fourth-order valence-corrected chi connectivity index (χ4v) is 7.27. The Hall–Kier alpha value is -2.24. The number of hydrogen-bond donors (Lipinski definition) is 0. The molecule has 0 aliphatic carbocycles. The van der Waals surface area contributed by atoms with Gasteiger partial charge >= 0.3 is 0 Å². The highest BCUT2D eigenvalue weighted by Gasteiger charge is 2.26. The monoisotopic (exact) mass is 430 g/mol. The first kappa shape index (κ1) is 23.4. The molecule has 163 valence electrons. The van der Waals surface area contributed by atoms with Crippen molar-refractivity contribution < 1.29 is 0 Å². The van der Waals surface area contributed by atoms with E-state index < -0.39 is 8.80 Å². The van der Waals surface area contributed by atoms with Crippen molar-refractivity contribution in [2.45, 2.75) is 19.6 Å². The molecule has 31 heavy (non-hydrogen) atoms. The quantitative estimate of drug-likeness (QED) is 0.381. The van der Waals surface area contributed by atoms with E-state index in [-0.39, 0.29) is 0 Å². The largest absolute Gasteiger partial charge is 0.305 e. The second-order valence-electron chi connectivity index (χ2n) is 9.06. The second kappa shape index (κ2) is 10.9. The van der Waals surface area contributed by atoms with E-state index in [1.54, 1.807) is 0 Å². The maximum Gasteiger partial charge on any atom is 0.155 e. The molecule has 0 amide bonds. The normalized spacial score (nSPS) is 11.8. The van der Waals surface area contributed by atoms with Crippen molar-refractivity contribution in [1.82, 2.24) is 14.7 Å². The van der Waals surface area contributed by atoms with Crippen LogP contribution in [-0.2, 0) is 19.6 Å². The summed E-state index contributed by atoms with van der Waals surface area (Å²) < 4.78 is 0. The van der Waals surface area contributed by atoms with Gasteiger partial charge in [0.15, 0.2) is 8.80 Å². The second-order valence-corrected chi connectivity index (χ2v) is 11.4. The summed E-state index contributed by atoms with van der Waals surface area (Å²) in [4.78, 5) is 6.82. The van der Waals surface area contributed by atoms with Crippen LogP contribution in [0.2, 0.25) is 0 Å². The molecule has 3 aromatic carbocycles. The highest BCUT2D eigenvalue weighted by Crippen LogP contribution is 2.10. The van der Waals surface area contributed by atoms with Crippen LogP contribution in [-0.4, -0.2) is 65.8 Å². The van der Waals surface area contributed by atoms with Crippen molar-refractivity contribution in [1.29, 1.82) is 0 Å².